The van der Waals surface area contributed by atoms with Crippen LogP contribution in [0, 0.1) is 17.6 Å². The molecule has 0 radical (unpaired) electrons. The lowest BCUT2D eigenvalue weighted by molar-refractivity contribution is 0.156. The Labute approximate surface area is 144 Å². The molecule has 1 atom stereocenters. The van der Waals surface area contributed by atoms with Gasteiger partial charge >= 0.3 is 0 Å². The molecule has 0 aliphatic carbocycles. The van der Waals surface area contributed by atoms with Crippen LogP contribution in [0.15, 0.2) is 18.2 Å². The Bertz CT molecular complexity index is 438. The highest BCUT2D eigenvalue weighted by atomic mass is 35.5. The number of piperazine rings is 1. The van der Waals surface area contributed by atoms with Gasteiger partial charge in [-0.1, -0.05) is 19.9 Å². The summed E-state index contributed by atoms with van der Waals surface area (Å²) in [5, 5.41) is 3.31. The fraction of sp³-hybridized carbons (Fsp3) is 0.625. The van der Waals surface area contributed by atoms with Crippen molar-refractivity contribution in [3.05, 3.63) is 35.4 Å². The summed E-state index contributed by atoms with van der Waals surface area (Å²) in [5.41, 5.74) is 0.633. The molecule has 0 spiro atoms. The van der Waals surface area contributed by atoms with E-state index < -0.39 is 11.6 Å². The van der Waals surface area contributed by atoms with Crippen LogP contribution < -0.4 is 5.32 Å². The van der Waals surface area contributed by atoms with Crippen molar-refractivity contribution < 1.29 is 8.78 Å². The zero-order chi connectivity index (χ0) is 14.5. The first kappa shape index (κ1) is 21.6. The van der Waals surface area contributed by atoms with Crippen LogP contribution in [0.4, 0.5) is 8.78 Å². The van der Waals surface area contributed by atoms with Gasteiger partial charge < -0.3 is 5.32 Å². The first-order valence-corrected chi connectivity index (χ1v) is 7.47. The molecule has 1 aromatic rings. The summed E-state index contributed by atoms with van der Waals surface area (Å²) < 4.78 is 27.2. The standard InChI is InChI=1S/C16H24F2N2.2ClH/c1-12(2)3-6-16(20-9-7-19-8-10-20)14-5-4-13(17)11-15(14)18;;/h4-5,11-12,16,19H,3,6-10H2,1-2H3;2*1H/t16-;;/m1../s1. The van der Waals surface area contributed by atoms with E-state index in [0.29, 0.717) is 11.5 Å². The lowest BCUT2D eigenvalue weighted by Gasteiger charge is -2.35. The third-order valence-corrected chi connectivity index (χ3v) is 3.93. The Morgan fingerprint density at radius 3 is 2.27 bits per heavy atom. The minimum atomic E-state index is -0.505. The Morgan fingerprint density at radius 2 is 1.73 bits per heavy atom. The van der Waals surface area contributed by atoms with Gasteiger partial charge in [0.2, 0.25) is 0 Å². The third kappa shape index (κ3) is 5.99. The molecule has 2 nitrogen and oxygen atoms in total. The zero-order valence-electron chi connectivity index (χ0n) is 13.1. The summed E-state index contributed by atoms with van der Waals surface area (Å²) in [6, 6.07) is 4.03. The molecule has 1 heterocycles. The van der Waals surface area contributed by atoms with E-state index in [4.69, 9.17) is 0 Å². The molecule has 6 heteroatoms. The first-order chi connectivity index (χ1) is 9.58. The molecule has 0 saturated carbocycles. The highest BCUT2D eigenvalue weighted by Gasteiger charge is 2.24. The van der Waals surface area contributed by atoms with Gasteiger partial charge in [0.25, 0.3) is 0 Å². The van der Waals surface area contributed by atoms with Crippen molar-refractivity contribution >= 4 is 24.8 Å². The van der Waals surface area contributed by atoms with Crippen LogP contribution in [0.25, 0.3) is 0 Å². The molecule has 2 rings (SSSR count). The third-order valence-electron chi connectivity index (χ3n) is 3.93. The maximum atomic E-state index is 14.1. The van der Waals surface area contributed by atoms with Crippen molar-refractivity contribution in [2.24, 2.45) is 5.92 Å². The predicted octanol–water partition coefficient (Wildman–Crippen LogP) is 4.19. The second kappa shape index (κ2) is 10.4. The number of benzene rings is 1. The van der Waals surface area contributed by atoms with Crippen LogP contribution in [0.1, 0.15) is 38.3 Å². The van der Waals surface area contributed by atoms with Crippen LogP contribution in [0.2, 0.25) is 0 Å². The van der Waals surface area contributed by atoms with Gasteiger partial charge in [-0.05, 0) is 24.8 Å². The first-order valence-electron chi connectivity index (χ1n) is 7.47. The van der Waals surface area contributed by atoms with E-state index in [1.54, 1.807) is 6.07 Å². The van der Waals surface area contributed by atoms with E-state index in [2.05, 4.69) is 24.1 Å². The summed E-state index contributed by atoms with van der Waals surface area (Å²) in [6.45, 7) is 8.05. The van der Waals surface area contributed by atoms with Gasteiger partial charge in [0.1, 0.15) is 11.6 Å². The summed E-state index contributed by atoms with van der Waals surface area (Å²) in [6.07, 6.45) is 1.96. The zero-order valence-corrected chi connectivity index (χ0v) is 14.8. The number of hydrogen-bond donors (Lipinski definition) is 1. The quantitative estimate of drug-likeness (QED) is 0.852. The number of nitrogens with zero attached hydrogens (tertiary/aromatic N) is 1. The normalized spacial score (nSPS) is 16.8. The van der Waals surface area contributed by atoms with Crippen molar-refractivity contribution in [1.82, 2.24) is 10.2 Å². The highest BCUT2D eigenvalue weighted by Crippen LogP contribution is 2.29. The molecule has 0 amide bonds. The van der Waals surface area contributed by atoms with Gasteiger partial charge in [-0.15, -0.1) is 24.8 Å². The summed E-state index contributed by atoms with van der Waals surface area (Å²) in [5.74, 6) is -0.338. The molecule has 1 fully saturated rings. The summed E-state index contributed by atoms with van der Waals surface area (Å²) >= 11 is 0. The lowest BCUT2D eigenvalue weighted by atomic mass is 9.95. The minimum Gasteiger partial charge on any atom is -0.314 e. The minimum absolute atomic E-state index is 0. The average molecular weight is 355 g/mol. The van der Waals surface area contributed by atoms with Crippen molar-refractivity contribution in [1.29, 1.82) is 0 Å². The number of halogens is 4. The molecule has 128 valence electrons. The van der Waals surface area contributed by atoms with E-state index in [1.807, 2.05) is 0 Å². The monoisotopic (exact) mass is 354 g/mol. The van der Waals surface area contributed by atoms with Crippen molar-refractivity contribution in [2.45, 2.75) is 32.7 Å². The van der Waals surface area contributed by atoms with Gasteiger partial charge in [-0.3, -0.25) is 4.90 Å². The van der Waals surface area contributed by atoms with Crippen LogP contribution in [-0.2, 0) is 0 Å². The fourth-order valence-corrected chi connectivity index (χ4v) is 2.79. The molecule has 1 aliphatic rings. The molecular weight excluding hydrogens is 329 g/mol. The molecule has 0 unspecified atom stereocenters. The fourth-order valence-electron chi connectivity index (χ4n) is 2.79. The summed E-state index contributed by atoms with van der Waals surface area (Å²) in [7, 11) is 0. The van der Waals surface area contributed by atoms with Crippen LogP contribution in [-0.4, -0.2) is 31.1 Å². The Hall–Kier alpha value is -0.420. The molecule has 1 N–H and O–H groups in total. The van der Waals surface area contributed by atoms with E-state index >= 15 is 0 Å². The van der Waals surface area contributed by atoms with Crippen molar-refractivity contribution in [2.75, 3.05) is 26.2 Å². The number of nitrogens with one attached hydrogen (secondary N) is 1. The van der Waals surface area contributed by atoms with Gasteiger partial charge in [-0.25, -0.2) is 8.78 Å². The molecular formula is C16H26Cl2F2N2. The van der Waals surface area contributed by atoms with E-state index in [-0.39, 0.29) is 30.9 Å². The van der Waals surface area contributed by atoms with E-state index in [1.165, 1.54) is 6.07 Å². The smallest absolute Gasteiger partial charge is 0.130 e. The highest BCUT2D eigenvalue weighted by molar-refractivity contribution is 5.85. The van der Waals surface area contributed by atoms with Crippen molar-refractivity contribution in [3.8, 4) is 0 Å². The number of hydrogen-bond acceptors (Lipinski definition) is 2. The maximum absolute atomic E-state index is 14.1. The second-order valence-corrected chi connectivity index (χ2v) is 5.94. The molecule has 1 aromatic carbocycles. The van der Waals surface area contributed by atoms with Crippen LogP contribution >= 0.6 is 24.8 Å². The molecule has 22 heavy (non-hydrogen) atoms. The Morgan fingerprint density at radius 1 is 1.09 bits per heavy atom. The van der Waals surface area contributed by atoms with Crippen molar-refractivity contribution in [3.63, 3.8) is 0 Å². The number of rotatable bonds is 5. The van der Waals surface area contributed by atoms with E-state index in [0.717, 1.165) is 45.1 Å². The Kier molecular flexibility index (Phi) is 10.2. The van der Waals surface area contributed by atoms with Gasteiger partial charge in [0.05, 0.1) is 0 Å². The topological polar surface area (TPSA) is 15.3 Å². The largest absolute Gasteiger partial charge is 0.314 e. The van der Waals surface area contributed by atoms with Crippen LogP contribution in [0.3, 0.4) is 0 Å². The molecule has 0 aromatic heterocycles. The van der Waals surface area contributed by atoms with E-state index in [9.17, 15) is 8.78 Å². The second-order valence-electron chi connectivity index (χ2n) is 5.94. The summed E-state index contributed by atoms with van der Waals surface area (Å²) in [4.78, 5) is 2.31. The van der Waals surface area contributed by atoms with Crippen LogP contribution in [0.5, 0.6) is 0 Å². The lowest BCUT2D eigenvalue weighted by Crippen LogP contribution is -2.45. The molecule has 0 bridgehead atoms. The van der Waals surface area contributed by atoms with Gasteiger partial charge in [0, 0.05) is 43.9 Å². The SMILES string of the molecule is CC(C)CC[C@H](c1ccc(F)cc1F)N1CCNCC1.Cl.Cl. The van der Waals surface area contributed by atoms with Gasteiger partial charge in [-0.2, -0.15) is 0 Å². The predicted molar refractivity (Wildman–Crippen MR) is 92.1 cm³/mol. The molecule has 1 saturated heterocycles. The maximum Gasteiger partial charge on any atom is 0.130 e. The van der Waals surface area contributed by atoms with Gasteiger partial charge in [0.15, 0.2) is 0 Å². The average Bonchev–Trinajstić information content (AvgIpc) is 2.42. The Balaban J connectivity index is 0.00000220. The molecule has 1 aliphatic heterocycles.